The number of hydrogen-bond acceptors (Lipinski definition) is 4. The molecule has 2 unspecified atom stereocenters. The van der Waals surface area contributed by atoms with Crippen molar-refractivity contribution in [2.75, 3.05) is 13.7 Å². The number of carbonyl (C=O) groups is 1. The molecule has 1 heterocycles. The minimum absolute atomic E-state index is 0.0529. The third-order valence-electron chi connectivity index (χ3n) is 1.23. The second-order valence-corrected chi connectivity index (χ2v) is 1.85. The Hall–Kier alpha value is -0.610. The standard InChI is InChI=1S/C5H8O4/c1-8-4-3(6)2-9-5(4)7/h3-4,6H,2H2,1H3. The molecule has 0 amide bonds. The van der Waals surface area contributed by atoms with Crippen LogP contribution in [0.25, 0.3) is 0 Å². The topological polar surface area (TPSA) is 55.8 Å². The first-order chi connectivity index (χ1) is 4.25. The van der Waals surface area contributed by atoms with Gasteiger partial charge in [-0.1, -0.05) is 0 Å². The van der Waals surface area contributed by atoms with Crippen molar-refractivity contribution in [1.82, 2.24) is 0 Å². The maximum atomic E-state index is 10.5. The molecular formula is C5H8O4. The predicted octanol–water partition coefficient (Wildman–Crippen LogP) is -1.08. The summed E-state index contributed by atoms with van der Waals surface area (Å²) in [6.07, 6.45) is -1.56. The lowest BCUT2D eigenvalue weighted by molar-refractivity contribution is -0.146. The van der Waals surface area contributed by atoms with E-state index in [-0.39, 0.29) is 6.61 Å². The highest BCUT2D eigenvalue weighted by Crippen LogP contribution is 2.09. The van der Waals surface area contributed by atoms with Crippen molar-refractivity contribution in [3.8, 4) is 0 Å². The van der Waals surface area contributed by atoms with Crippen molar-refractivity contribution in [3.05, 3.63) is 0 Å². The normalized spacial score (nSPS) is 34.7. The lowest BCUT2D eigenvalue weighted by Crippen LogP contribution is -2.28. The van der Waals surface area contributed by atoms with E-state index in [1.54, 1.807) is 0 Å². The minimum Gasteiger partial charge on any atom is -0.461 e. The number of ether oxygens (including phenoxy) is 2. The van der Waals surface area contributed by atoms with Crippen LogP contribution in [0.3, 0.4) is 0 Å². The fraction of sp³-hybridized carbons (Fsp3) is 0.800. The molecule has 0 aliphatic carbocycles. The van der Waals surface area contributed by atoms with Crippen LogP contribution in [-0.2, 0) is 14.3 Å². The minimum atomic E-state index is -0.789. The van der Waals surface area contributed by atoms with Crippen LogP contribution in [0, 0.1) is 0 Å². The zero-order valence-electron chi connectivity index (χ0n) is 5.03. The highest BCUT2D eigenvalue weighted by molar-refractivity contribution is 5.77. The summed E-state index contributed by atoms with van der Waals surface area (Å²) in [6, 6.07) is 0. The molecule has 1 N–H and O–H groups in total. The fourth-order valence-corrected chi connectivity index (χ4v) is 0.747. The van der Waals surface area contributed by atoms with Crippen LogP contribution in [0.4, 0.5) is 0 Å². The quantitative estimate of drug-likeness (QED) is 0.461. The second-order valence-electron chi connectivity index (χ2n) is 1.85. The van der Waals surface area contributed by atoms with E-state index < -0.39 is 18.2 Å². The van der Waals surface area contributed by atoms with E-state index in [9.17, 15) is 4.79 Å². The number of cyclic esters (lactones) is 1. The van der Waals surface area contributed by atoms with Crippen molar-refractivity contribution in [2.45, 2.75) is 12.2 Å². The van der Waals surface area contributed by atoms with E-state index in [0.29, 0.717) is 0 Å². The predicted molar refractivity (Wildman–Crippen MR) is 27.8 cm³/mol. The van der Waals surface area contributed by atoms with Gasteiger partial charge in [-0.2, -0.15) is 0 Å². The van der Waals surface area contributed by atoms with Crippen LogP contribution in [-0.4, -0.2) is 37.0 Å². The number of rotatable bonds is 1. The summed E-state index contributed by atoms with van der Waals surface area (Å²) in [4.78, 5) is 10.5. The molecule has 0 bridgehead atoms. The van der Waals surface area contributed by atoms with Gasteiger partial charge in [-0.05, 0) is 0 Å². The van der Waals surface area contributed by atoms with Crippen molar-refractivity contribution < 1.29 is 19.4 Å². The van der Waals surface area contributed by atoms with Gasteiger partial charge in [0.1, 0.15) is 12.7 Å². The van der Waals surface area contributed by atoms with Gasteiger partial charge in [-0.3, -0.25) is 0 Å². The molecule has 0 saturated carbocycles. The summed E-state index contributed by atoms with van der Waals surface area (Å²) >= 11 is 0. The summed E-state index contributed by atoms with van der Waals surface area (Å²) in [5.74, 6) is -0.481. The number of aliphatic hydroxyl groups excluding tert-OH is 1. The van der Waals surface area contributed by atoms with E-state index in [1.165, 1.54) is 7.11 Å². The van der Waals surface area contributed by atoms with E-state index in [4.69, 9.17) is 5.11 Å². The monoisotopic (exact) mass is 132 g/mol. The van der Waals surface area contributed by atoms with E-state index in [0.717, 1.165) is 0 Å². The van der Waals surface area contributed by atoms with E-state index in [1.807, 2.05) is 0 Å². The largest absolute Gasteiger partial charge is 0.461 e. The molecule has 52 valence electrons. The van der Waals surface area contributed by atoms with Gasteiger partial charge in [0.15, 0.2) is 6.10 Å². The van der Waals surface area contributed by atoms with Crippen molar-refractivity contribution >= 4 is 5.97 Å². The fourth-order valence-electron chi connectivity index (χ4n) is 0.747. The molecule has 1 fully saturated rings. The molecule has 1 aliphatic rings. The van der Waals surface area contributed by atoms with Gasteiger partial charge >= 0.3 is 5.97 Å². The molecule has 0 aromatic carbocycles. The molecule has 1 aliphatic heterocycles. The number of hydrogen-bond donors (Lipinski definition) is 1. The van der Waals surface area contributed by atoms with Crippen LogP contribution in [0.2, 0.25) is 0 Å². The summed E-state index contributed by atoms with van der Waals surface area (Å²) in [6.45, 7) is 0.0529. The Labute approximate surface area is 52.4 Å². The van der Waals surface area contributed by atoms with Gasteiger partial charge in [0.2, 0.25) is 0 Å². The molecule has 1 rings (SSSR count). The molecule has 0 aromatic heterocycles. The molecule has 4 heteroatoms. The molecule has 1 saturated heterocycles. The van der Waals surface area contributed by atoms with Crippen molar-refractivity contribution in [2.24, 2.45) is 0 Å². The number of aliphatic hydroxyl groups is 1. The first kappa shape index (κ1) is 6.51. The molecule has 9 heavy (non-hydrogen) atoms. The van der Waals surface area contributed by atoms with Gasteiger partial charge in [0.05, 0.1) is 0 Å². The average molecular weight is 132 g/mol. The molecule has 0 radical (unpaired) electrons. The zero-order chi connectivity index (χ0) is 6.85. The zero-order valence-corrected chi connectivity index (χ0v) is 5.03. The lowest BCUT2D eigenvalue weighted by atomic mass is 10.2. The Morgan fingerprint density at radius 3 is 2.78 bits per heavy atom. The average Bonchev–Trinajstić information content (AvgIpc) is 2.12. The number of methoxy groups -OCH3 is 1. The van der Waals surface area contributed by atoms with Gasteiger partial charge in [-0.25, -0.2) is 4.79 Å². The molecule has 2 atom stereocenters. The maximum absolute atomic E-state index is 10.5. The Morgan fingerprint density at radius 1 is 1.89 bits per heavy atom. The highest BCUT2D eigenvalue weighted by Gasteiger charge is 2.35. The summed E-state index contributed by atoms with van der Waals surface area (Å²) in [7, 11) is 1.36. The Morgan fingerprint density at radius 2 is 2.56 bits per heavy atom. The summed E-state index contributed by atoms with van der Waals surface area (Å²) in [5, 5.41) is 8.89. The Balaban J connectivity index is 2.55. The van der Waals surface area contributed by atoms with Gasteiger partial charge in [0.25, 0.3) is 0 Å². The first-order valence-corrected chi connectivity index (χ1v) is 2.63. The van der Waals surface area contributed by atoms with Gasteiger partial charge in [0, 0.05) is 7.11 Å². The van der Waals surface area contributed by atoms with Crippen LogP contribution in [0.5, 0.6) is 0 Å². The van der Waals surface area contributed by atoms with Crippen LogP contribution in [0.1, 0.15) is 0 Å². The van der Waals surface area contributed by atoms with Gasteiger partial charge in [-0.15, -0.1) is 0 Å². The Bertz CT molecular complexity index is 122. The SMILES string of the molecule is COC1C(=O)OCC1O. The van der Waals surface area contributed by atoms with Crippen LogP contribution < -0.4 is 0 Å². The smallest absolute Gasteiger partial charge is 0.338 e. The summed E-state index contributed by atoms with van der Waals surface area (Å²) in [5.41, 5.74) is 0. The maximum Gasteiger partial charge on any atom is 0.338 e. The van der Waals surface area contributed by atoms with E-state index in [2.05, 4.69) is 9.47 Å². The molecule has 4 nitrogen and oxygen atoms in total. The van der Waals surface area contributed by atoms with Crippen molar-refractivity contribution in [1.29, 1.82) is 0 Å². The van der Waals surface area contributed by atoms with Crippen LogP contribution in [0.15, 0.2) is 0 Å². The van der Waals surface area contributed by atoms with Crippen molar-refractivity contribution in [3.63, 3.8) is 0 Å². The Kier molecular flexibility index (Phi) is 1.68. The van der Waals surface area contributed by atoms with E-state index >= 15 is 0 Å². The lowest BCUT2D eigenvalue weighted by Gasteiger charge is -2.04. The number of carbonyl (C=O) groups excluding carboxylic acids is 1. The molecule has 0 aromatic rings. The van der Waals surface area contributed by atoms with Crippen LogP contribution >= 0.6 is 0 Å². The second kappa shape index (κ2) is 2.33. The third kappa shape index (κ3) is 1.04. The molecular weight excluding hydrogens is 124 g/mol. The molecule has 0 spiro atoms. The number of esters is 1. The first-order valence-electron chi connectivity index (χ1n) is 2.63. The van der Waals surface area contributed by atoms with Gasteiger partial charge < -0.3 is 14.6 Å². The summed E-state index contributed by atoms with van der Waals surface area (Å²) < 4.78 is 9.07. The third-order valence-corrected chi connectivity index (χ3v) is 1.23. The highest BCUT2D eigenvalue weighted by atomic mass is 16.6.